The number of ether oxygens (including phenoxy) is 2. The number of carbonyl (C=O) groups excluding carboxylic acids is 1. The molecule has 3 rings (SSSR count). The molecule has 0 unspecified atom stereocenters. The molecular formula is C23H31ClN2O3. The lowest BCUT2D eigenvalue weighted by atomic mass is 9.69. The first-order valence-electron chi connectivity index (χ1n) is 9.86. The zero-order valence-corrected chi connectivity index (χ0v) is 18.2. The molecule has 0 aliphatic heterocycles. The summed E-state index contributed by atoms with van der Waals surface area (Å²) >= 11 is 0. The summed E-state index contributed by atoms with van der Waals surface area (Å²) < 4.78 is 10.9. The van der Waals surface area contributed by atoms with Crippen LogP contribution in [0.2, 0.25) is 0 Å². The molecule has 1 aliphatic rings. The van der Waals surface area contributed by atoms with E-state index in [0.29, 0.717) is 17.8 Å². The molecule has 2 aromatic rings. The number of halogens is 1. The molecule has 29 heavy (non-hydrogen) atoms. The zero-order valence-electron chi connectivity index (χ0n) is 17.4. The van der Waals surface area contributed by atoms with Crippen molar-refractivity contribution in [2.75, 3.05) is 26.5 Å². The van der Waals surface area contributed by atoms with Gasteiger partial charge < -0.3 is 20.5 Å². The number of nitrogens with one attached hydrogen (secondary N) is 1. The number of hydrogen-bond donors (Lipinski definition) is 2. The SMILES string of the molecule is COc1ccc(C2(CNC(=O)c3cc(N)ccc3C)CCCCC2)cc1OC.Cl. The molecule has 0 bridgehead atoms. The standard InChI is InChI=1S/C23H30N2O3.ClH/c1-16-7-9-18(24)14-19(16)22(26)25-15-23(11-5-4-6-12-23)17-8-10-20(27-2)21(13-17)28-3;/h7-10,13-14H,4-6,11-12,15,24H2,1-3H3,(H,25,26);1H. The smallest absolute Gasteiger partial charge is 0.251 e. The van der Waals surface area contributed by atoms with E-state index in [-0.39, 0.29) is 23.7 Å². The van der Waals surface area contributed by atoms with Gasteiger partial charge in [-0.05, 0) is 55.2 Å². The number of anilines is 1. The summed E-state index contributed by atoms with van der Waals surface area (Å²) in [6.45, 7) is 2.52. The fourth-order valence-corrected chi connectivity index (χ4v) is 4.19. The van der Waals surface area contributed by atoms with Gasteiger partial charge >= 0.3 is 0 Å². The molecule has 1 fully saturated rings. The predicted octanol–water partition coefficient (Wildman–Crippen LogP) is 4.65. The van der Waals surface area contributed by atoms with Gasteiger partial charge in [0.15, 0.2) is 11.5 Å². The maximum atomic E-state index is 12.8. The number of methoxy groups -OCH3 is 2. The Morgan fingerprint density at radius 2 is 1.72 bits per heavy atom. The fourth-order valence-electron chi connectivity index (χ4n) is 4.19. The van der Waals surface area contributed by atoms with Crippen LogP contribution in [0.15, 0.2) is 36.4 Å². The van der Waals surface area contributed by atoms with Gasteiger partial charge in [0, 0.05) is 23.2 Å². The number of aryl methyl sites for hydroxylation is 1. The van der Waals surface area contributed by atoms with E-state index >= 15 is 0 Å². The van der Waals surface area contributed by atoms with Crippen molar-refractivity contribution in [2.24, 2.45) is 0 Å². The summed E-state index contributed by atoms with van der Waals surface area (Å²) in [4.78, 5) is 12.8. The first-order chi connectivity index (χ1) is 13.5. The monoisotopic (exact) mass is 418 g/mol. The van der Waals surface area contributed by atoms with Crippen LogP contribution in [0, 0.1) is 6.92 Å². The molecule has 0 saturated heterocycles. The van der Waals surface area contributed by atoms with Crippen LogP contribution in [0.1, 0.15) is 53.6 Å². The number of benzene rings is 2. The molecule has 3 N–H and O–H groups in total. The van der Waals surface area contributed by atoms with E-state index in [2.05, 4.69) is 17.4 Å². The summed E-state index contributed by atoms with van der Waals surface area (Å²) in [5.74, 6) is 1.37. The first kappa shape index (κ1) is 22.9. The van der Waals surface area contributed by atoms with Crippen molar-refractivity contribution in [3.63, 3.8) is 0 Å². The minimum absolute atomic E-state index is 0. The number of amides is 1. The summed E-state index contributed by atoms with van der Waals surface area (Å²) in [6, 6.07) is 11.6. The lowest BCUT2D eigenvalue weighted by Gasteiger charge is -2.38. The molecule has 2 aromatic carbocycles. The van der Waals surface area contributed by atoms with E-state index in [1.165, 1.54) is 12.0 Å². The third kappa shape index (κ3) is 4.96. The Morgan fingerprint density at radius 3 is 2.38 bits per heavy atom. The van der Waals surface area contributed by atoms with Gasteiger partial charge in [-0.1, -0.05) is 31.4 Å². The second-order valence-electron chi connectivity index (χ2n) is 7.67. The Morgan fingerprint density at radius 1 is 1.03 bits per heavy atom. The highest BCUT2D eigenvalue weighted by Crippen LogP contribution is 2.42. The highest BCUT2D eigenvalue weighted by atomic mass is 35.5. The third-order valence-corrected chi connectivity index (χ3v) is 5.90. The lowest BCUT2D eigenvalue weighted by molar-refractivity contribution is 0.0936. The Labute approximate surface area is 179 Å². The van der Waals surface area contributed by atoms with Crippen LogP contribution in [0.3, 0.4) is 0 Å². The molecule has 5 nitrogen and oxygen atoms in total. The van der Waals surface area contributed by atoms with Gasteiger partial charge in [-0.15, -0.1) is 12.4 Å². The van der Waals surface area contributed by atoms with Crippen molar-refractivity contribution >= 4 is 24.0 Å². The molecule has 0 atom stereocenters. The quantitative estimate of drug-likeness (QED) is 0.670. The molecule has 1 amide bonds. The number of nitrogens with two attached hydrogens (primary N) is 1. The number of hydrogen-bond acceptors (Lipinski definition) is 4. The Kier molecular flexibility index (Phi) is 7.80. The Hall–Kier alpha value is -2.40. The van der Waals surface area contributed by atoms with Gasteiger partial charge in [0.2, 0.25) is 0 Å². The second kappa shape index (κ2) is 9.88. The molecule has 6 heteroatoms. The second-order valence-corrected chi connectivity index (χ2v) is 7.67. The summed E-state index contributed by atoms with van der Waals surface area (Å²) in [5, 5.41) is 3.18. The van der Waals surface area contributed by atoms with E-state index in [4.69, 9.17) is 15.2 Å². The minimum Gasteiger partial charge on any atom is -0.493 e. The van der Waals surface area contributed by atoms with Crippen molar-refractivity contribution in [1.82, 2.24) is 5.32 Å². The van der Waals surface area contributed by atoms with Crippen molar-refractivity contribution < 1.29 is 14.3 Å². The van der Waals surface area contributed by atoms with Crippen LogP contribution in [-0.4, -0.2) is 26.7 Å². The van der Waals surface area contributed by atoms with Gasteiger partial charge in [0.05, 0.1) is 14.2 Å². The van der Waals surface area contributed by atoms with Crippen molar-refractivity contribution in [2.45, 2.75) is 44.4 Å². The van der Waals surface area contributed by atoms with Crippen LogP contribution in [0.4, 0.5) is 5.69 Å². The normalized spacial score (nSPS) is 15.1. The fraction of sp³-hybridized carbons (Fsp3) is 0.435. The highest BCUT2D eigenvalue weighted by molar-refractivity contribution is 5.96. The predicted molar refractivity (Wildman–Crippen MR) is 119 cm³/mol. The zero-order chi connectivity index (χ0) is 20.1. The Balaban J connectivity index is 0.00000300. The molecule has 0 spiro atoms. The van der Waals surface area contributed by atoms with Crippen LogP contribution in [0.25, 0.3) is 0 Å². The van der Waals surface area contributed by atoms with E-state index in [1.807, 2.05) is 25.1 Å². The van der Waals surface area contributed by atoms with Gasteiger partial charge in [0.25, 0.3) is 5.91 Å². The van der Waals surface area contributed by atoms with Crippen LogP contribution >= 0.6 is 12.4 Å². The average molecular weight is 419 g/mol. The molecule has 0 heterocycles. The van der Waals surface area contributed by atoms with E-state index in [1.54, 1.807) is 20.3 Å². The maximum Gasteiger partial charge on any atom is 0.251 e. The van der Waals surface area contributed by atoms with Crippen molar-refractivity contribution in [1.29, 1.82) is 0 Å². The summed E-state index contributed by atoms with van der Waals surface area (Å²) in [7, 11) is 3.29. The summed E-state index contributed by atoms with van der Waals surface area (Å²) in [5.41, 5.74) is 9.13. The highest BCUT2D eigenvalue weighted by Gasteiger charge is 2.35. The maximum absolute atomic E-state index is 12.8. The van der Waals surface area contributed by atoms with Crippen molar-refractivity contribution in [3.05, 3.63) is 53.1 Å². The van der Waals surface area contributed by atoms with Crippen LogP contribution in [-0.2, 0) is 5.41 Å². The largest absolute Gasteiger partial charge is 0.493 e. The molecule has 1 aliphatic carbocycles. The van der Waals surface area contributed by atoms with Crippen LogP contribution < -0.4 is 20.5 Å². The van der Waals surface area contributed by atoms with Gasteiger partial charge in [-0.25, -0.2) is 0 Å². The molecule has 1 saturated carbocycles. The van der Waals surface area contributed by atoms with Crippen LogP contribution in [0.5, 0.6) is 11.5 Å². The number of carbonyl (C=O) groups is 1. The van der Waals surface area contributed by atoms with E-state index in [0.717, 1.165) is 42.7 Å². The number of rotatable bonds is 6. The Bertz CT molecular complexity index is 848. The summed E-state index contributed by atoms with van der Waals surface area (Å²) in [6.07, 6.45) is 5.62. The average Bonchev–Trinajstić information content (AvgIpc) is 2.73. The number of nitrogen functional groups attached to an aromatic ring is 1. The third-order valence-electron chi connectivity index (χ3n) is 5.90. The molecular weight excluding hydrogens is 388 g/mol. The lowest BCUT2D eigenvalue weighted by Crippen LogP contribution is -2.42. The van der Waals surface area contributed by atoms with Crippen molar-refractivity contribution in [3.8, 4) is 11.5 Å². The van der Waals surface area contributed by atoms with E-state index < -0.39 is 0 Å². The van der Waals surface area contributed by atoms with E-state index in [9.17, 15) is 4.79 Å². The topological polar surface area (TPSA) is 73.6 Å². The first-order valence-corrected chi connectivity index (χ1v) is 9.86. The van der Waals surface area contributed by atoms with Gasteiger partial charge in [0.1, 0.15) is 0 Å². The minimum atomic E-state index is -0.0955. The molecule has 0 radical (unpaired) electrons. The molecule has 0 aromatic heterocycles. The van der Waals surface area contributed by atoms with Gasteiger partial charge in [-0.2, -0.15) is 0 Å². The van der Waals surface area contributed by atoms with Gasteiger partial charge in [-0.3, -0.25) is 4.79 Å². The molecule has 158 valence electrons.